The van der Waals surface area contributed by atoms with Crippen molar-refractivity contribution in [2.75, 3.05) is 10.6 Å². The minimum Gasteiger partial charge on any atom is -0.364 e. The molecule has 3 aromatic rings. The highest BCUT2D eigenvalue weighted by Gasteiger charge is 2.21. The SMILES string of the molecule is Cl.N[C@H]1CC[C@H](Nc2nc(NCc3cccc(I)c3)c3ncn(C4=CCCC4)c3n2)CC1. The largest absolute Gasteiger partial charge is 0.364 e. The van der Waals surface area contributed by atoms with Crippen molar-refractivity contribution in [3.63, 3.8) is 0 Å². The average Bonchev–Trinajstić information content (AvgIpc) is 3.43. The molecule has 0 amide bonds. The molecule has 9 heteroatoms. The lowest BCUT2D eigenvalue weighted by Crippen LogP contribution is -2.33. The van der Waals surface area contributed by atoms with Gasteiger partial charge in [0.05, 0.1) is 0 Å². The predicted octanol–water partition coefficient (Wildman–Crippen LogP) is 5.17. The Balaban J connectivity index is 0.00000245. The second-order valence-corrected chi connectivity index (χ2v) is 9.76. The standard InChI is InChI=1S/C23H28IN7.ClH/c24-16-5-3-4-15(12-16)13-26-21-20-22(31(14-27-20)19-6-1-2-7-19)30-23(29-21)28-18-10-8-17(25)9-11-18;/h3-6,12,14,17-18H,1-2,7-11,13,25H2,(H2,26,28,29,30);1H/t17-,18-;. The number of imidazole rings is 1. The van der Waals surface area contributed by atoms with Crippen LogP contribution in [0.1, 0.15) is 50.5 Å². The summed E-state index contributed by atoms with van der Waals surface area (Å²) >= 11 is 2.34. The summed E-state index contributed by atoms with van der Waals surface area (Å²) in [7, 11) is 0. The molecule has 4 N–H and O–H groups in total. The number of fused-ring (bicyclic) bond motifs is 1. The third kappa shape index (κ3) is 5.18. The first-order valence-corrected chi connectivity index (χ1v) is 12.2. The molecule has 2 aliphatic rings. The van der Waals surface area contributed by atoms with Gasteiger partial charge in [-0.05, 0) is 85.2 Å². The van der Waals surface area contributed by atoms with Crippen LogP contribution in [0.3, 0.4) is 0 Å². The lowest BCUT2D eigenvalue weighted by atomic mass is 9.92. The van der Waals surface area contributed by atoms with Gasteiger partial charge in [-0.25, -0.2) is 4.98 Å². The molecule has 0 saturated heterocycles. The Morgan fingerprint density at radius 3 is 2.75 bits per heavy atom. The number of nitrogens with one attached hydrogen (secondary N) is 2. The minimum atomic E-state index is 0. The molecule has 5 rings (SSSR count). The smallest absolute Gasteiger partial charge is 0.227 e. The zero-order chi connectivity index (χ0) is 21.2. The highest BCUT2D eigenvalue weighted by Crippen LogP contribution is 2.29. The molecule has 1 fully saturated rings. The first kappa shape index (κ1) is 23.3. The van der Waals surface area contributed by atoms with Crippen molar-refractivity contribution >= 4 is 63.6 Å². The van der Waals surface area contributed by atoms with Gasteiger partial charge in [-0.1, -0.05) is 18.2 Å². The van der Waals surface area contributed by atoms with E-state index in [1.807, 2.05) is 6.33 Å². The molecule has 2 aromatic heterocycles. The van der Waals surface area contributed by atoms with Crippen LogP contribution in [0.25, 0.3) is 16.9 Å². The summed E-state index contributed by atoms with van der Waals surface area (Å²) in [5.41, 5.74) is 10.3. The Kier molecular flexibility index (Phi) is 7.52. The van der Waals surface area contributed by atoms with Crippen LogP contribution in [0, 0.1) is 3.57 Å². The molecule has 0 atom stereocenters. The summed E-state index contributed by atoms with van der Waals surface area (Å²) in [4.78, 5) is 14.4. The zero-order valence-corrected chi connectivity index (χ0v) is 20.9. The van der Waals surface area contributed by atoms with Crippen molar-refractivity contribution < 1.29 is 0 Å². The van der Waals surface area contributed by atoms with Crippen molar-refractivity contribution in [3.8, 4) is 0 Å². The summed E-state index contributed by atoms with van der Waals surface area (Å²) in [6.45, 7) is 0.691. The molecule has 0 spiro atoms. The topological polar surface area (TPSA) is 93.7 Å². The number of nitrogens with zero attached hydrogens (tertiary/aromatic N) is 4. The van der Waals surface area contributed by atoms with Crippen LogP contribution in [0.5, 0.6) is 0 Å². The maximum atomic E-state index is 6.08. The highest BCUT2D eigenvalue weighted by molar-refractivity contribution is 14.1. The third-order valence-corrected chi connectivity index (χ3v) is 6.85. The number of anilines is 2. The zero-order valence-electron chi connectivity index (χ0n) is 17.9. The number of aromatic nitrogens is 4. The molecular formula is C23H29ClIN7. The van der Waals surface area contributed by atoms with Gasteiger partial charge in [-0.2, -0.15) is 9.97 Å². The number of rotatable bonds is 6. The number of benzene rings is 1. The molecule has 7 nitrogen and oxygen atoms in total. The second-order valence-electron chi connectivity index (χ2n) is 8.51. The molecule has 0 radical (unpaired) electrons. The van der Waals surface area contributed by atoms with Gasteiger partial charge in [0.25, 0.3) is 0 Å². The fourth-order valence-corrected chi connectivity index (χ4v) is 5.06. The summed E-state index contributed by atoms with van der Waals surface area (Å²) in [5.74, 6) is 1.44. The van der Waals surface area contributed by atoms with Gasteiger partial charge in [-0.15, -0.1) is 12.4 Å². The van der Waals surface area contributed by atoms with Gasteiger partial charge < -0.3 is 16.4 Å². The van der Waals surface area contributed by atoms with E-state index in [9.17, 15) is 0 Å². The van der Waals surface area contributed by atoms with E-state index in [-0.39, 0.29) is 12.4 Å². The van der Waals surface area contributed by atoms with E-state index in [0.29, 0.717) is 24.6 Å². The molecule has 0 bridgehead atoms. The fraction of sp³-hybridized carbons (Fsp3) is 0.435. The van der Waals surface area contributed by atoms with E-state index < -0.39 is 0 Å². The Morgan fingerprint density at radius 1 is 1.16 bits per heavy atom. The molecule has 2 heterocycles. The molecular weight excluding hydrogens is 537 g/mol. The predicted molar refractivity (Wildman–Crippen MR) is 141 cm³/mol. The van der Waals surface area contributed by atoms with Crippen molar-refractivity contribution in [3.05, 3.63) is 45.8 Å². The lowest BCUT2D eigenvalue weighted by Gasteiger charge is -2.26. The minimum absolute atomic E-state index is 0. The molecule has 1 aromatic carbocycles. The summed E-state index contributed by atoms with van der Waals surface area (Å²) < 4.78 is 3.35. The number of hydrogen-bond acceptors (Lipinski definition) is 6. The van der Waals surface area contributed by atoms with Crippen molar-refractivity contribution in [2.45, 2.75) is 63.6 Å². The van der Waals surface area contributed by atoms with Crippen LogP contribution in [0.4, 0.5) is 11.8 Å². The van der Waals surface area contributed by atoms with Crippen LogP contribution >= 0.6 is 35.0 Å². The molecule has 170 valence electrons. The van der Waals surface area contributed by atoms with E-state index in [2.05, 4.69) is 73.1 Å². The van der Waals surface area contributed by atoms with Gasteiger partial charge in [0.1, 0.15) is 6.33 Å². The van der Waals surface area contributed by atoms with Crippen LogP contribution in [0.2, 0.25) is 0 Å². The first-order valence-electron chi connectivity index (χ1n) is 11.1. The quantitative estimate of drug-likeness (QED) is 0.357. The van der Waals surface area contributed by atoms with Crippen LogP contribution < -0.4 is 16.4 Å². The number of hydrogen-bond donors (Lipinski definition) is 3. The van der Waals surface area contributed by atoms with Crippen molar-refractivity contribution in [1.29, 1.82) is 0 Å². The summed E-state index contributed by atoms with van der Waals surface area (Å²) in [5, 5.41) is 7.08. The number of allylic oxidation sites excluding steroid dienone is 2. The summed E-state index contributed by atoms with van der Waals surface area (Å²) in [6.07, 6.45) is 11.7. The van der Waals surface area contributed by atoms with Crippen LogP contribution in [-0.4, -0.2) is 31.6 Å². The Morgan fingerprint density at radius 2 is 2.00 bits per heavy atom. The fourth-order valence-electron chi connectivity index (χ4n) is 4.45. The number of nitrogens with two attached hydrogens (primary N) is 1. The van der Waals surface area contributed by atoms with Crippen LogP contribution in [0.15, 0.2) is 36.7 Å². The van der Waals surface area contributed by atoms with E-state index in [1.54, 1.807) is 0 Å². The van der Waals surface area contributed by atoms with E-state index in [1.165, 1.54) is 21.3 Å². The van der Waals surface area contributed by atoms with Crippen LogP contribution in [-0.2, 0) is 6.54 Å². The third-order valence-electron chi connectivity index (χ3n) is 6.18. The molecule has 1 saturated carbocycles. The number of halogens is 2. The van der Waals surface area contributed by atoms with Gasteiger partial charge in [0.15, 0.2) is 17.0 Å². The maximum absolute atomic E-state index is 6.08. The summed E-state index contributed by atoms with van der Waals surface area (Å²) in [6, 6.07) is 9.17. The first-order chi connectivity index (χ1) is 15.2. The van der Waals surface area contributed by atoms with Gasteiger partial charge in [0, 0.05) is 27.9 Å². The van der Waals surface area contributed by atoms with Crippen molar-refractivity contribution in [2.24, 2.45) is 5.73 Å². The van der Waals surface area contributed by atoms with E-state index in [4.69, 9.17) is 15.7 Å². The normalized spacial score (nSPS) is 20.6. The Hall–Kier alpha value is -1.91. The van der Waals surface area contributed by atoms with E-state index >= 15 is 0 Å². The van der Waals surface area contributed by atoms with E-state index in [0.717, 1.165) is 55.5 Å². The Labute approximate surface area is 208 Å². The molecule has 0 unspecified atom stereocenters. The van der Waals surface area contributed by atoms with Gasteiger partial charge in [-0.3, -0.25) is 4.57 Å². The van der Waals surface area contributed by atoms with Gasteiger partial charge in [0.2, 0.25) is 5.95 Å². The molecule has 32 heavy (non-hydrogen) atoms. The Bertz CT molecular complexity index is 1100. The molecule has 2 aliphatic carbocycles. The second kappa shape index (κ2) is 10.4. The average molecular weight is 566 g/mol. The molecule has 0 aliphatic heterocycles. The van der Waals surface area contributed by atoms with Crippen molar-refractivity contribution in [1.82, 2.24) is 19.5 Å². The monoisotopic (exact) mass is 565 g/mol. The maximum Gasteiger partial charge on any atom is 0.227 e. The lowest BCUT2D eigenvalue weighted by molar-refractivity contribution is 0.410. The highest BCUT2D eigenvalue weighted by atomic mass is 127. The van der Waals surface area contributed by atoms with Gasteiger partial charge >= 0.3 is 0 Å².